The fourth-order valence-electron chi connectivity index (χ4n) is 2.41. The zero-order valence-electron chi connectivity index (χ0n) is 10.4. The number of rotatable bonds is 4. The van der Waals surface area contributed by atoms with Gasteiger partial charge in [0.05, 0.1) is 13.2 Å². The van der Waals surface area contributed by atoms with Crippen molar-refractivity contribution in [3.8, 4) is 18.1 Å². The second-order valence-corrected chi connectivity index (χ2v) is 4.66. The molecule has 1 fully saturated rings. The van der Waals surface area contributed by atoms with Crippen LogP contribution in [-0.2, 0) is 0 Å². The molecule has 17 heavy (non-hydrogen) atoms. The van der Waals surface area contributed by atoms with Crippen LogP contribution in [0.25, 0.3) is 0 Å². The molecule has 0 aliphatic heterocycles. The lowest BCUT2D eigenvalue weighted by Gasteiger charge is -2.37. The van der Waals surface area contributed by atoms with Crippen molar-refractivity contribution in [3.63, 3.8) is 0 Å². The number of hydrogen-bond acceptors (Lipinski definition) is 2. The third kappa shape index (κ3) is 2.62. The van der Waals surface area contributed by atoms with E-state index in [1.165, 1.54) is 5.56 Å². The highest BCUT2D eigenvalue weighted by Gasteiger charge is 2.32. The SMILES string of the molecule is C#CC(C)NC1CC(c2ccccc2OC)C1. The fraction of sp³-hybridized carbons (Fsp3) is 0.467. The Labute approximate surface area is 103 Å². The van der Waals surface area contributed by atoms with Crippen LogP contribution < -0.4 is 10.1 Å². The van der Waals surface area contributed by atoms with Gasteiger partial charge in [0.25, 0.3) is 0 Å². The first kappa shape index (κ1) is 12.0. The number of ether oxygens (including phenoxy) is 1. The van der Waals surface area contributed by atoms with Crippen molar-refractivity contribution >= 4 is 0 Å². The number of para-hydroxylation sites is 1. The molecule has 1 atom stereocenters. The fourth-order valence-corrected chi connectivity index (χ4v) is 2.41. The van der Waals surface area contributed by atoms with Gasteiger partial charge in [0.1, 0.15) is 5.75 Å². The molecule has 2 nitrogen and oxygen atoms in total. The van der Waals surface area contributed by atoms with Crippen LogP contribution in [-0.4, -0.2) is 19.2 Å². The summed E-state index contributed by atoms with van der Waals surface area (Å²) in [5.41, 5.74) is 1.32. The molecular formula is C15H19NO. The maximum Gasteiger partial charge on any atom is 0.122 e. The van der Waals surface area contributed by atoms with Gasteiger partial charge >= 0.3 is 0 Å². The second kappa shape index (κ2) is 5.25. The molecule has 1 aromatic carbocycles. The topological polar surface area (TPSA) is 21.3 Å². The van der Waals surface area contributed by atoms with Gasteiger partial charge in [0, 0.05) is 6.04 Å². The predicted octanol–water partition coefficient (Wildman–Crippen LogP) is 2.55. The van der Waals surface area contributed by atoms with Gasteiger partial charge in [0.2, 0.25) is 0 Å². The van der Waals surface area contributed by atoms with E-state index in [1.807, 2.05) is 19.1 Å². The summed E-state index contributed by atoms with van der Waals surface area (Å²) >= 11 is 0. The maximum atomic E-state index is 5.39. The van der Waals surface area contributed by atoms with Crippen molar-refractivity contribution in [3.05, 3.63) is 29.8 Å². The van der Waals surface area contributed by atoms with Crippen molar-refractivity contribution in [1.82, 2.24) is 5.32 Å². The van der Waals surface area contributed by atoms with Gasteiger partial charge in [0.15, 0.2) is 0 Å². The standard InChI is InChI=1S/C15H19NO/c1-4-11(2)16-13-9-12(10-13)14-7-5-6-8-15(14)17-3/h1,5-8,11-13,16H,9-10H2,2-3H3. The van der Waals surface area contributed by atoms with E-state index < -0.39 is 0 Å². The summed E-state index contributed by atoms with van der Waals surface area (Å²) in [6, 6.07) is 8.99. The number of benzene rings is 1. The highest BCUT2D eigenvalue weighted by atomic mass is 16.5. The summed E-state index contributed by atoms with van der Waals surface area (Å²) in [6.07, 6.45) is 7.65. The summed E-state index contributed by atoms with van der Waals surface area (Å²) < 4.78 is 5.39. The van der Waals surface area contributed by atoms with Gasteiger partial charge in [-0.05, 0) is 37.3 Å². The maximum absolute atomic E-state index is 5.39. The highest BCUT2D eigenvalue weighted by Crippen LogP contribution is 2.40. The first-order valence-corrected chi connectivity index (χ1v) is 6.09. The van der Waals surface area contributed by atoms with Crippen LogP contribution in [0, 0.1) is 12.3 Å². The van der Waals surface area contributed by atoms with Crippen LogP contribution in [0.4, 0.5) is 0 Å². The molecule has 0 bridgehead atoms. The molecule has 90 valence electrons. The van der Waals surface area contributed by atoms with Gasteiger partial charge in [-0.1, -0.05) is 24.1 Å². The van der Waals surface area contributed by atoms with Gasteiger partial charge in [-0.2, -0.15) is 0 Å². The van der Waals surface area contributed by atoms with E-state index in [1.54, 1.807) is 7.11 Å². The predicted molar refractivity (Wildman–Crippen MR) is 70.2 cm³/mol. The van der Waals surface area contributed by atoms with Gasteiger partial charge in [-0.15, -0.1) is 6.42 Å². The van der Waals surface area contributed by atoms with E-state index in [-0.39, 0.29) is 6.04 Å². The molecule has 2 heteroatoms. The quantitative estimate of drug-likeness (QED) is 0.801. The minimum Gasteiger partial charge on any atom is -0.496 e. The molecule has 1 N–H and O–H groups in total. The Kier molecular flexibility index (Phi) is 3.71. The Balaban J connectivity index is 1.93. The highest BCUT2D eigenvalue weighted by molar-refractivity contribution is 5.37. The Bertz CT molecular complexity index is 415. The molecule has 0 saturated heterocycles. The van der Waals surface area contributed by atoms with Crippen molar-refractivity contribution in [2.45, 2.75) is 37.8 Å². The van der Waals surface area contributed by atoms with Gasteiger partial charge in [-0.25, -0.2) is 0 Å². The Morgan fingerprint density at radius 2 is 2.12 bits per heavy atom. The lowest BCUT2D eigenvalue weighted by molar-refractivity contribution is 0.277. The smallest absolute Gasteiger partial charge is 0.122 e. The minimum atomic E-state index is 0.165. The monoisotopic (exact) mass is 229 g/mol. The van der Waals surface area contributed by atoms with Crippen molar-refractivity contribution in [2.24, 2.45) is 0 Å². The molecular weight excluding hydrogens is 210 g/mol. The van der Waals surface area contributed by atoms with E-state index in [2.05, 4.69) is 23.4 Å². The third-order valence-electron chi connectivity index (χ3n) is 3.45. The zero-order valence-corrected chi connectivity index (χ0v) is 10.4. The van der Waals surface area contributed by atoms with Crippen molar-refractivity contribution < 1.29 is 4.74 Å². The molecule has 0 aromatic heterocycles. The van der Waals surface area contributed by atoms with Crippen LogP contribution in [0.1, 0.15) is 31.2 Å². The largest absolute Gasteiger partial charge is 0.496 e. The molecule has 1 unspecified atom stereocenters. The number of hydrogen-bond donors (Lipinski definition) is 1. The molecule has 1 aliphatic carbocycles. The second-order valence-electron chi connectivity index (χ2n) is 4.66. The molecule has 0 radical (unpaired) electrons. The molecule has 1 aromatic rings. The zero-order chi connectivity index (χ0) is 12.3. The van der Waals surface area contributed by atoms with E-state index >= 15 is 0 Å². The molecule has 2 rings (SSSR count). The summed E-state index contributed by atoms with van der Waals surface area (Å²) in [4.78, 5) is 0. The molecule has 0 spiro atoms. The number of terminal acetylenes is 1. The number of methoxy groups -OCH3 is 1. The van der Waals surface area contributed by atoms with Crippen LogP contribution in [0.3, 0.4) is 0 Å². The first-order chi connectivity index (χ1) is 8.24. The van der Waals surface area contributed by atoms with Gasteiger partial charge in [-0.3, -0.25) is 0 Å². The molecule has 0 heterocycles. The lowest BCUT2D eigenvalue weighted by Crippen LogP contribution is -2.44. The van der Waals surface area contributed by atoms with Crippen LogP contribution in [0.2, 0.25) is 0 Å². The average molecular weight is 229 g/mol. The summed E-state index contributed by atoms with van der Waals surface area (Å²) in [7, 11) is 1.73. The van der Waals surface area contributed by atoms with Crippen molar-refractivity contribution in [2.75, 3.05) is 7.11 Å². The van der Waals surface area contributed by atoms with E-state index in [4.69, 9.17) is 11.2 Å². The Morgan fingerprint density at radius 1 is 1.41 bits per heavy atom. The minimum absolute atomic E-state index is 0.165. The molecule has 1 aliphatic rings. The first-order valence-electron chi connectivity index (χ1n) is 6.09. The summed E-state index contributed by atoms with van der Waals surface area (Å²) in [5, 5.41) is 3.43. The van der Waals surface area contributed by atoms with E-state index in [0.29, 0.717) is 12.0 Å². The third-order valence-corrected chi connectivity index (χ3v) is 3.45. The molecule has 0 amide bonds. The number of nitrogens with one attached hydrogen (secondary N) is 1. The summed E-state index contributed by atoms with van der Waals surface area (Å²) in [5.74, 6) is 4.31. The molecule has 1 saturated carbocycles. The van der Waals surface area contributed by atoms with E-state index in [9.17, 15) is 0 Å². The van der Waals surface area contributed by atoms with Gasteiger partial charge < -0.3 is 10.1 Å². The van der Waals surface area contributed by atoms with Crippen LogP contribution in [0.5, 0.6) is 5.75 Å². The Morgan fingerprint density at radius 3 is 2.76 bits per heavy atom. The lowest BCUT2D eigenvalue weighted by atomic mass is 9.75. The van der Waals surface area contributed by atoms with E-state index in [0.717, 1.165) is 18.6 Å². The van der Waals surface area contributed by atoms with Crippen LogP contribution >= 0.6 is 0 Å². The van der Waals surface area contributed by atoms with Crippen LogP contribution in [0.15, 0.2) is 24.3 Å². The average Bonchev–Trinajstić information content (AvgIpc) is 2.33. The Hall–Kier alpha value is -1.46. The summed E-state index contributed by atoms with van der Waals surface area (Å²) in [6.45, 7) is 2.02. The normalized spacial score (nSPS) is 24.5. The van der Waals surface area contributed by atoms with Crippen molar-refractivity contribution in [1.29, 1.82) is 0 Å².